The molecule has 0 radical (unpaired) electrons. The van der Waals surface area contributed by atoms with Crippen molar-refractivity contribution in [1.82, 2.24) is 5.32 Å². The molecule has 130 valence electrons. The lowest BCUT2D eigenvalue weighted by Gasteiger charge is -2.38. The molecule has 1 fully saturated rings. The second-order valence-corrected chi connectivity index (χ2v) is 6.92. The van der Waals surface area contributed by atoms with Crippen molar-refractivity contribution >= 4 is 11.8 Å². The van der Waals surface area contributed by atoms with Crippen LogP contribution in [0.1, 0.15) is 29.9 Å². The molecule has 0 amide bonds. The summed E-state index contributed by atoms with van der Waals surface area (Å²) in [5.41, 5.74) is 4.18. The van der Waals surface area contributed by atoms with Crippen LogP contribution in [0, 0.1) is 0 Å². The fourth-order valence-electron chi connectivity index (χ4n) is 4.08. The van der Waals surface area contributed by atoms with E-state index in [1.807, 2.05) is 0 Å². The van der Waals surface area contributed by atoms with Gasteiger partial charge in [0.05, 0.1) is 7.11 Å². The molecule has 0 spiro atoms. The zero-order valence-electron chi connectivity index (χ0n) is 14.8. The highest BCUT2D eigenvalue weighted by Gasteiger charge is 2.25. The smallest absolute Gasteiger partial charge is 0.119 e. The van der Waals surface area contributed by atoms with E-state index in [1.165, 1.54) is 29.7 Å². The van der Waals surface area contributed by atoms with Crippen LogP contribution in [0.5, 0.6) is 5.75 Å². The average Bonchev–Trinajstić information content (AvgIpc) is 3.10. The maximum absolute atomic E-state index is 5.29. The number of allylic oxidation sites excluding steroid dienone is 1. The third kappa shape index (κ3) is 3.42. The SMILES string of the molecule is COc1ccc(N2CCNCC2CCC2C=Cc3ccccc32)cc1. The summed E-state index contributed by atoms with van der Waals surface area (Å²) in [5, 5.41) is 3.57. The van der Waals surface area contributed by atoms with Crippen LogP contribution in [-0.2, 0) is 0 Å². The molecule has 1 aliphatic carbocycles. The van der Waals surface area contributed by atoms with E-state index >= 15 is 0 Å². The van der Waals surface area contributed by atoms with Gasteiger partial charge in [-0.1, -0.05) is 36.4 Å². The van der Waals surface area contributed by atoms with Gasteiger partial charge in [0.15, 0.2) is 0 Å². The van der Waals surface area contributed by atoms with Crippen LogP contribution in [0.3, 0.4) is 0 Å². The van der Waals surface area contributed by atoms with E-state index in [-0.39, 0.29) is 0 Å². The van der Waals surface area contributed by atoms with Gasteiger partial charge in [0.2, 0.25) is 0 Å². The highest BCUT2D eigenvalue weighted by molar-refractivity contribution is 5.62. The molecule has 2 aliphatic rings. The second-order valence-electron chi connectivity index (χ2n) is 6.92. The Kier molecular flexibility index (Phi) is 4.75. The van der Waals surface area contributed by atoms with Crippen molar-refractivity contribution in [3.63, 3.8) is 0 Å². The Bertz CT molecular complexity index is 738. The van der Waals surface area contributed by atoms with Gasteiger partial charge in [0.1, 0.15) is 5.75 Å². The highest BCUT2D eigenvalue weighted by Crippen LogP contribution is 2.34. The third-order valence-corrected chi connectivity index (χ3v) is 5.47. The molecular formula is C22H26N2O. The molecule has 2 aromatic rings. The van der Waals surface area contributed by atoms with Crippen molar-refractivity contribution in [2.75, 3.05) is 31.6 Å². The van der Waals surface area contributed by atoms with E-state index in [0.29, 0.717) is 12.0 Å². The van der Waals surface area contributed by atoms with Gasteiger partial charge in [-0.3, -0.25) is 0 Å². The highest BCUT2D eigenvalue weighted by atomic mass is 16.5. The minimum absolute atomic E-state index is 0.545. The normalized spacial score (nSPS) is 22.0. The molecule has 4 rings (SSSR count). The molecule has 3 heteroatoms. The number of nitrogens with one attached hydrogen (secondary N) is 1. The first-order valence-electron chi connectivity index (χ1n) is 9.23. The lowest BCUT2D eigenvalue weighted by Crippen LogP contribution is -2.51. The molecule has 0 saturated carbocycles. The number of rotatable bonds is 5. The second kappa shape index (κ2) is 7.32. The summed E-state index contributed by atoms with van der Waals surface area (Å²) < 4.78 is 5.29. The van der Waals surface area contributed by atoms with E-state index < -0.39 is 0 Å². The minimum Gasteiger partial charge on any atom is -0.497 e. The van der Waals surface area contributed by atoms with Gasteiger partial charge < -0.3 is 15.0 Å². The standard InChI is InChI=1S/C22H26N2O/c1-25-21-12-10-19(11-13-21)24-15-14-23-16-20(24)9-8-18-7-6-17-4-2-3-5-22(17)18/h2-7,10-13,18,20,23H,8-9,14-16H2,1H3. The van der Waals surface area contributed by atoms with Gasteiger partial charge in [-0.25, -0.2) is 0 Å². The van der Waals surface area contributed by atoms with Gasteiger partial charge in [0.25, 0.3) is 0 Å². The first-order valence-corrected chi connectivity index (χ1v) is 9.23. The predicted molar refractivity (Wildman–Crippen MR) is 104 cm³/mol. The molecule has 2 aromatic carbocycles. The van der Waals surface area contributed by atoms with Gasteiger partial charge >= 0.3 is 0 Å². The Morgan fingerprint density at radius 2 is 1.92 bits per heavy atom. The number of nitrogens with zero attached hydrogens (tertiary/aromatic N) is 1. The molecule has 1 heterocycles. The summed E-state index contributed by atoms with van der Waals surface area (Å²) in [6, 6.07) is 17.8. The van der Waals surface area contributed by atoms with Crippen LogP contribution in [-0.4, -0.2) is 32.8 Å². The van der Waals surface area contributed by atoms with E-state index in [1.54, 1.807) is 7.11 Å². The predicted octanol–water partition coefficient (Wildman–Crippen LogP) is 4.06. The van der Waals surface area contributed by atoms with Crippen LogP contribution in [0.25, 0.3) is 6.08 Å². The fourth-order valence-corrected chi connectivity index (χ4v) is 4.08. The zero-order chi connectivity index (χ0) is 17.1. The van der Waals surface area contributed by atoms with E-state index in [4.69, 9.17) is 4.74 Å². The fraction of sp³-hybridized carbons (Fsp3) is 0.364. The average molecular weight is 334 g/mol. The number of anilines is 1. The molecule has 25 heavy (non-hydrogen) atoms. The first kappa shape index (κ1) is 16.2. The van der Waals surface area contributed by atoms with Crippen LogP contribution in [0.15, 0.2) is 54.6 Å². The molecule has 2 unspecified atom stereocenters. The van der Waals surface area contributed by atoms with E-state index in [0.717, 1.165) is 25.4 Å². The summed E-state index contributed by atoms with van der Waals surface area (Å²) in [7, 11) is 1.72. The van der Waals surface area contributed by atoms with Crippen LogP contribution >= 0.6 is 0 Å². The van der Waals surface area contributed by atoms with Crippen molar-refractivity contribution in [2.24, 2.45) is 0 Å². The van der Waals surface area contributed by atoms with Gasteiger partial charge in [-0.05, 0) is 48.2 Å². The minimum atomic E-state index is 0.545. The monoisotopic (exact) mass is 334 g/mol. The Hall–Kier alpha value is -2.26. The third-order valence-electron chi connectivity index (χ3n) is 5.47. The summed E-state index contributed by atoms with van der Waals surface area (Å²) in [6.45, 7) is 3.17. The molecular weight excluding hydrogens is 308 g/mol. The molecule has 0 aromatic heterocycles. The number of hydrogen-bond acceptors (Lipinski definition) is 3. The molecule has 1 N–H and O–H groups in total. The lowest BCUT2D eigenvalue weighted by molar-refractivity contribution is 0.414. The Labute approximate surface area is 150 Å². The largest absolute Gasteiger partial charge is 0.497 e. The van der Waals surface area contributed by atoms with Crippen molar-refractivity contribution in [2.45, 2.75) is 24.8 Å². The summed E-state index contributed by atoms with van der Waals surface area (Å²) in [5.74, 6) is 1.49. The Morgan fingerprint density at radius 1 is 1.08 bits per heavy atom. The van der Waals surface area contributed by atoms with Crippen molar-refractivity contribution in [3.05, 3.63) is 65.7 Å². The molecule has 1 saturated heterocycles. The van der Waals surface area contributed by atoms with Crippen molar-refractivity contribution in [3.8, 4) is 5.75 Å². The quantitative estimate of drug-likeness (QED) is 0.892. The topological polar surface area (TPSA) is 24.5 Å². The summed E-state index contributed by atoms with van der Waals surface area (Å²) in [4.78, 5) is 2.56. The zero-order valence-corrected chi connectivity index (χ0v) is 14.8. The maximum atomic E-state index is 5.29. The molecule has 0 bridgehead atoms. The maximum Gasteiger partial charge on any atom is 0.119 e. The Morgan fingerprint density at radius 3 is 2.76 bits per heavy atom. The van der Waals surface area contributed by atoms with Gasteiger partial charge in [0, 0.05) is 37.3 Å². The lowest BCUT2D eigenvalue weighted by atomic mass is 9.93. The number of piperazine rings is 1. The summed E-state index contributed by atoms with van der Waals surface area (Å²) >= 11 is 0. The molecule has 3 nitrogen and oxygen atoms in total. The van der Waals surface area contributed by atoms with Gasteiger partial charge in [-0.2, -0.15) is 0 Å². The van der Waals surface area contributed by atoms with Crippen molar-refractivity contribution in [1.29, 1.82) is 0 Å². The number of hydrogen-bond donors (Lipinski definition) is 1. The van der Waals surface area contributed by atoms with E-state index in [2.05, 4.69) is 70.9 Å². The number of ether oxygens (including phenoxy) is 1. The Balaban J connectivity index is 1.44. The molecule has 2 atom stereocenters. The van der Waals surface area contributed by atoms with Crippen LogP contribution in [0.4, 0.5) is 5.69 Å². The first-order chi connectivity index (χ1) is 12.3. The molecule has 1 aliphatic heterocycles. The van der Waals surface area contributed by atoms with E-state index in [9.17, 15) is 0 Å². The summed E-state index contributed by atoms with van der Waals surface area (Å²) in [6.07, 6.45) is 7.05. The van der Waals surface area contributed by atoms with Gasteiger partial charge in [-0.15, -0.1) is 0 Å². The van der Waals surface area contributed by atoms with Crippen molar-refractivity contribution < 1.29 is 4.74 Å². The van der Waals surface area contributed by atoms with Crippen LogP contribution < -0.4 is 15.0 Å². The number of benzene rings is 2. The number of fused-ring (bicyclic) bond motifs is 1. The number of methoxy groups -OCH3 is 1. The van der Waals surface area contributed by atoms with Crippen LogP contribution in [0.2, 0.25) is 0 Å².